The van der Waals surface area contributed by atoms with Crippen LogP contribution >= 0.6 is 0 Å². The quantitative estimate of drug-likeness (QED) is 0.314. The van der Waals surface area contributed by atoms with Crippen molar-refractivity contribution >= 4 is 22.0 Å². The Morgan fingerprint density at radius 1 is 1.12 bits per heavy atom. The van der Waals surface area contributed by atoms with Crippen LogP contribution in [0.3, 0.4) is 0 Å². The SMILES string of the molecule is Cc1cc(C2CCN(S(=O)(=O)C3(C(N)=O)CCOCC3)CC2)ccc1-c1cccc(OCCN(O)C(=O)OC(C)(C)C)c1. The Balaban J connectivity index is 1.37. The fraction of sp³-hybridized carbons (Fsp3) is 0.548. The molecule has 236 valence electrons. The highest BCUT2D eigenvalue weighted by Crippen LogP contribution is 2.37. The zero-order chi connectivity index (χ0) is 31.4. The normalized spacial score (nSPS) is 18.2. The predicted molar refractivity (Wildman–Crippen MR) is 161 cm³/mol. The highest BCUT2D eigenvalue weighted by Gasteiger charge is 2.53. The maximum Gasteiger partial charge on any atom is 0.434 e. The summed E-state index contributed by atoms with van der Waals surface area (Å²) >= 11 is 0. The van der Waals surface area contributed by atoms with E-state index in [1.807, 2.05) is 31.2 Å². The summed E-state index contributed by atoms with van der Waals surface area (Å²) in [4.78, 5) is 24.3. The van der Waals surface area contributed by atoms with Gasteiger partial charge in [0.25, 0.3) is 0 Å². The van der Waals surface area contributed by atoms with E-state index in [1.54, 1.807) is 20.8 Å². The van der Waals surface area contributed by atoms with Gasteiger partial charge in [-0.1, -0.05) is 30.3 Å². The van der Waals surface area contributed by atoms with Crippen LogP contribution in [0.25, 0.3) is 11.1 Å². The molecule has 0 spiro atoms. The van der Waals surface area contributed by atoms with Crippen molar-refractivity contribution in [3.05, 3.63) is 53.6 Å². The average Bonchev–Trinajstić information content (AvgIpc) is 2.96. The number of carbonyl (C=O) groups excluding carboxylic acids is 2. The van der Waals surface area contributed by atoms with Crippen LogP contribution in [-0.4, -0.2) is 84.8 Å². The van der Waals surface area contributed by atoms with Gasteiger partial charge in [0.2, 0.25) is 15.9 Å². The standard InChI is InChI=1S/C31H43N3O8S/c1-22-20-24(23-10-14-33(15-11-23)43(38,39)31(28(32)35)12-17-40-18-13-31)8-9-27(22)25-6-5-7-26(21-25)41-19-16-34(37)29(36)42-30(2,3)4/h5-9,20-21,23,37H,10-19H2,1-4H3,(H2,32,35). The Morgan fingerprint density at radius 3 is 2.40 bits per heavy atom. The third-order valence-electron chi connectivity index (χ3n) is 8.08. The third-order valence-corrected chi connectivity index (χ3v) is 10.7. The van der Waals surface area contributed by atoms with E-state index in [1.165, 1.54) is 4.31 Å². The molecule has 12 heteroatoms. The number of amides is 2. The maximum atomic E-state index is 13.5. The van der Waals surface area contributed by atoms with Crippen LogP contribution in [0, 0.1) is 6.92 Å². The second kappa shape index (κ2) is 13.2. The van der Waals surface area contributed by atoms with Gasteiger partial charge in [0.1, 0.15) is 18.0 Å². The predicted octanol–water partition coefficient (Wildman–Crippen LogP) is 4.21. The second-order valence-electron chi connectivity index (χ2n) is 12.2. The van der Waals surface area contributed by atoms with Crippen molar-refractivity contribution in [1.29, 1.82) is 0 Å². The molecule has 2 saturated heterocycles. The lowest BCUT2D eigenvalue weighted by atomic mass is 9.87. The summed E-state index contributed by atoms with van der Waals surface area (Å²) in [6, 6.07) is 13.9. The second-order valence-corrected chi connectivity index (χ2v) is 14.5. The molecule has 2 aliphatic heterocycles. The van der Waals surface area contributed by atoms with Crippen molar-refractivity contribution in [3.63, 3.8) is 0 Å². The van der Waals surface area contributed by atoms with Crippen LogP contribution in [0.1, 0.15) is 63.5 Å². The van der Waals surface area contributed by atoms with Crippen LogP contribution in [0.5, 0.6) is 5.75 Å². The summed E-state index contributed by atoms with van der Waals surface area (Å²) < 4.78 is 43.1. The Morgan fingerprint density at radius 2 is 1.79 bits per heavy atom. The van der Waals surface area contributed by atoms with Gasteiger partial charge in [-0.2, -0.15) is 5.06 Å². The summed E-state index contributed by atoms with van der Waals surface area (Å²) in [5.74, 6) is -0.000307. The minimum atomic E-state index is -3.90. The van der Waals surface area contributed by atoms with Gasteiger partial charge in [-0.15, -0.1) is 0 Å². The molecular weight excluding hydrogens is 574 g/mol. The molecule has 11 nitrogen and oxygen atoms in total. The zero-order valence-corrected chi connectivity index (χ0v) is 26.2. The van der Waals surface area contributed by atoms with E-state index in [2.05, 4.69) is 18.2 Å². The minimum Gasteiger partial charge on any atom is -0.492 e. The first-order valence-corrected chi connectivity index (χ1v) is 16.1. The first-order valence-electron chi connectivity index (χ1n) is 14.6. The van der Waals surface area contributed by atoms with E-state index in [0.717, 1.165) is 22.3 Å². The molecule has 2 amide bonds. The molecule has 0 unspecified atom stereocenters. The number of ether oxygens (including phenoxy) is 3. The van der Waals surface area contributed by atoms with Crippen molar-refractivity contribution in [2.45, 2.75) is 69.6 Å². The van der Waals surface area contributed by atoms with Crippen molar-refractivity contribution in [2.75, 3.05) is 39.5 Å². The zero-order valence-electron chi connectivity index (χ0n) is 25.4. The lowest BCUT2D eigenvalue weighted by Crippen LogP contribution is -2.59. The number of rotatable bonds is 9. The maximum absolute atomic E-state index is 13.5. The molecule has 0 saturated carbocycles. The molecule has 2 fully saturated rings. The molecular formula is C31H43N3O8S. The van der Waals surface area contributed by atoms with Gasteiger partial charge in [0.15, 0.2) is 4.75 Å². The minimum absolute atomic E-state index is 0.0507. The molecule has 2 aliphatic rings. The number of hydroxylamine groups is 2. The number of nitrogens with two attached hydrogens (primary N) is 1. The molecule has 0 aromatic heterocycles. The number of benzene rings is 2. The smallest absolute Gasteiger partial charge is 0.434 e. The highest BCUT2D eigenvalue weighted by molar-refractivity contribution is 7.91. The Kier molecular flexibility index (Phi) is 10.1. The number of aryl methyl sites for hydroxylation is 1. The molecule has 43 heavy (non-hydrogen) atoms. The first kappa shape index (κ1) is 32.7. The van der Waals surface area contributed by atoms with E-state index in [-0.39, 0.29) is 45.1 Å². The van der Waals surface area contributed by atoms with Crippen LogP contribution < -0.4 is 10.5 Å². The largest absolute Gasteiger partial charge is 0.492 e. The number of primary amides is 1. The molecule has 0 atom stereocenters. The Hall–Kier alpha value is -3.19. The Bertz CT molecular complexity index is 1410. The lowest BCUT2D eigenvalue weighted by Gasteiger charge is -2.40. The summed E-state index contributed by atoms with van der Waals surface area (Å²) in [7, 11) is -3.90. The summed E-state index contributed by atoms with van der Waals surface area (Å²) in [6.07, 6.45) is 0.643. The molecule has 2 aromatic rings. The number of hydrogen-bond acceptors (Lipinski definition) is 8. The van der Waals surface area contributed by atoms with Gasteiger partial charge in [-0.3, -0.25) is 10.0 Å². The van der Waals surface area contributed by atoms with Crippen molar-refractivity contribution in [3.8, 4) is 16.9 Å². The number of hydrogen-bond donors (Lipinski definition) is 2. The summed E-state index contributed by atoms with van der Waals surface area (Å²) in [6.45, 7) is 8.32. The van der Waals surface area contributed by atoms with Crippen LogP contribution in [0.15, 0.2) is 42.5 Å². The van der Waals surface area contributed by atoms with E-state index < -0.39 is 32.4 Å². The molecule has 0 aliphatic carbocycles. The average molecular weight is 618 g/mol. The van der Waals surface area contributed by atoms with E-state index in [9.17, 15) is 23.2 Å². The molecule has 0 radical (unpaired) electrons. The van der Waals surface area contributed by atoms with Gasteiger partial charge in [0.05, 0.1) is 6.54 Å². The third kappa shape index (κ3) is 7.49. The van der Waals surface area contributed by atoms with Gasteiger partial charge < -0.3 is 19.9 Å². The van der Waals surface area contributed by atoms with Crippen molar-refractivity contribution < 1.29 is 37.4 Å². The summed E-state index contributed by atoms with van der Waals surface area (Å²) in [5.41, 5.74) is 9.14. The highest BCUT2D eigenvalue weighted by atomic mass is 32.2. The topological polar surface area (TPSA) is 149 Å². The first-order chi connectivity index (χ1) is 20.2. The Labute approximate surface area is 253 Å². The van der Waals surface area contributed by atoms with E-state index in [4.69, 9.17) is 19.9 Å². The molecule has 2 heterocycles. The molecule has 2 aromatic carbocycles. The lowest BCUT2D eigenvalue weighted by molar-refractivity contribution is -0.123. The summed E-state index contributed by atoms with van der Waals surface area (Å²) in [5, 5.41) is 10.4. The van der Waals surface area contributed by atoms with Gasteiger partial charge in [-0.25, -0.2) is 17.5 Å². The van der Waals surface area contributed by atoms with Crippen molar-refractivity contribution in [2.24, 2.45) is 5.73 Å². The van der Waals surface area contributed by atoms with E-state index >= 15 is 0 Å². The monoisotopic (exact) mass is 617 g/mol. The molecule has 4 rings (SSSR count). The molecule has 3 N–H and O–H groups in total. The number of carbonyl (C=O) groups is 2. The van der Waals surface area contributed by atoms with Crippen LogP contribution in [-0.2, 0) is 24.3 Å². The van der Waals surface area contributed by atoms with E-state index in [0.29, 0.717) is 36.7 Å². The fourth-order valence-corrected chi connectivity index (χ4v) is 7.81. The van der Waals surface area contributed by atoms with Gasteiger partial charge in [0, 0.05) is 39.1 Å². The van der Waals surface area contributed by atoms with Gasteiger partial charge in [-0.05, 0) is 80.8 Å². The number of piperidine rings is 1. The van der Waals surface area contributed by atoms with Crippen molar-refractivity contribution in [1.82, 2.24) is 9.37 Å². The number of nitrogens with zero attached hydrogens (tertiary/aromatic N) is 2. The molecule has 0 bridgehead atoms. The number of sulfonamides is 1. The van der Waals surface area contributed by atoms with Gasteiger partial charge >= 0.3 is 6.09 Å². The van der Waals surface area contributed by atoms with Crippen LogP contribution in [0.4, 0.5) is 4.79 Å². The van der Waals surface area contributed by atoms with Crippen LogP contribution in [0.2, 0.25) is 0 Å². The fourth-order valence-electron chi connectivity index (χ4n) is 5.68.